The third kappa shape index (κ3) is 2.67. The number of aromatic nitrogens is 1. The summed E-state index contributed by atoms with van der Waals surface area (Å²) in [6.07, 6.45) is 1.36. The maximum absolute atomic E-state index is 12.1. The summed E-state index contributed by atoms with van der Waals surface area (Å²) in [5.41, 5.74) is -0.713. The molecular weight excluding hydrogens is 286 g/mol. The third-order valence-electron chi connectivity index (χ3n) is 2.43. The van der Waals surface area contributed by atoms with Gasteiger partial charge < -0.3 is 10.4 Å². The number of carbonyl (C=O) groups is 1. The fourth-order valence-electron chi connectivity index (χ4n) is 1.55. The highest BCUT2D eigenvalue weighted by Gasteiger charge is 2.24. The summed E-state index contributed by atoms with van der Waals surface area (Å²) < 4.78 is 0. The Hall–Kier alpha value is -2.67. The van der Waals surface area contributed by atoms with Gasteiger partial charge in [-0.05, 0) is 18.2 Å². The highest BCUT2D eigenvalue weighted by atomic mass is 35.5. The van der Waals surface area contributed by atoms with Crippen LogP contribution in [0.2, 0.25) is 5.02 Å². The number of anilines is 1. The van der Waals surface area contributed by atoms with Crippen molar-refractivity contribution in [3.63, 3.8) is 0 Å². The van der Waals surface area contributed by atoms with Gasteiger partial charge in [-0.1, -0.05) is 17.7 Å². The zero-order valence-electron chi connectivity index (χ0n) is 9.91. The summed E-state index contributed by atoms with van der Waals surface area (Å²) in [6.45, 7) is 0. The number of carbonyl (C=O) groups excluding carboxylic acids is 1. The minimum atomic E-state index is -0.823. The summed E-state index contributed by atoms with van der Waals surface area (Å²) in [5, 5.41) is 22.6. The largest absolute Gasteiger partial charge is 0.504 e. The normalized spacial score (nSPS) is 10.1. The second kappa shape index (κ2) is 5.54. The molecular formula is C12H8ClN3O4. The number of halogens is 1. The summed E-state index contributed by atoms with van der Waals surface area (Å²) in [5.74, 6) is -1.18. The molecule has 1 aromatic carbocycles. The van der Waals surface area contributed by atoms with Crippen molar-refractivity contribution in [3.05, 3.63) is 57.2 Å². The van der Waals surface area contributed by atoms with Crippen LogP contribution < -0.4 is 5.32 Å². The number of nitro benzene ring substituents is 1. The highest BCUT2D eigenvalue weighted by molar-refractivity contribution is 6.35. The molecule has 0 bridgehead atoms. The summed E-state index contributed by atoms with van der Waals surface area (Å²) >= 11 is 5.83. The van der Waals surface area contributed by atoms with Crippen LogP contribution in [0.1, 0.15) is 10.4 Å². The fourth-order valence-corrected chi connectivity index (χ4v) is 1.81. The molecule has 20 heavy (non-hydrogen) atoms. The molecule has 0 saturated carbocycles. The maximum Gasteiger partial charge on any atom is 0.283 e. The number of amides is 1. The van der Waals surface area contributed by atoms with Crippen LogP contribution in [0.15, 0.2) is 36.5 Å². The van der Waals surface area contributed by atoms with Crippen LogP contribution in [-0.4, -0.2) is 20.9 Å². The van der Waals surface area contributed by atoms with Gasteiger partial charge in [0.15, 0.2) is 11.6 Å². The molecule has 7 nitrogen and oxygen atoms in total. The van der Waals surface area contributed by atoms with Crippen molar-refractivity contribution in [2.45, 2.75) is 0 Å². The number of hydrogen-bond acceptors (Lipinski definition) is 5. The van der Waals surface area contributed by atoms with Gasteiger partial charge in [-0.25, -0.2) is 4.98 Å². The number of aromatic hydroxyl groups is 1. The van der Waals surface area contributed by atoms with E-state index in [1.807, 2.05) is 0 Å². The van der Waals surface area contributed by atoms with E-state index in [0.717, 1.165) is 0 Å². The molecule has 1 amide bonds. The van der Waals surface area contributed by atoms with E-state index < -0.39 is 16.5 Å². The number of pyridine rings is 1. The Kier molecular flexibility index (Phi) is 3.81. The van der Waals surface area contributed by atoms with Gasteiger partial charge in [-0.3, -0.25) is 14.9 Å². The molecule has 1 aromatic heterocycles. The average molecular weight is 294 g/mol. The van der Waals surface area contributed by atoms with E-state index in [1.165, 1.54) is 36.5 Å². The predicted octanol–water partition coefficient (Wildman–Crippen LogP) is 2.60. The standard InChI is InChI=1S/C12H8ClN3O4/c13-7-3-1-4-8(16(19)20)10(7)12(18)15-11-9(17)5-2-6-14-11/h1-6,17H,(H,14,15,18). The smallest absolute Gasteiger partial charge is 0.283 e. The van der Waals surface area contributed by atoms with Gasteiger partial charge in [0.25, 0.3) is 11.6 Å². The molecule has 0 aliphatic rings. The van der Waals surface area contributed by atoms with Crippen molar-refractivity contribution in [2.24, 2.45) is 0 Å². The van der Waals surface area contributed by atoms with Crippen LogP contribution in [0.4, 0.5) is 11.5 Å². The average Bonchev–Trinajstić information content (AvgIpc) is 2.40. The molecule has 2 rings (SSSR count). The Bertz CT molecular complexity index is 690. The topological polar surface area (TPSA) is 105 Å². The van der Waals surface area contributed by atoms with Crippen molar-refractivity contribution in [3.8, 4) is 5.75 Å². The van der Waals surface area contributed by atoms with Crippen LogP contribution in [-0.2, 0) is 0 Å². The molecule has 0 aliphatic carbocycles. The molecule has 0 radical (unpaired) electrons. The first-order valence-corrected chi connectivity index (χ1v) is 5.76. The maximum atomic E-state index is 12.1. The van der Waals surface area contributed by atoms with Crippen molar-refractivity contribution >= 4 is 29.0 Å². The molecule has 0 unspecified atom stereocenters. The van der Waals surface area contributed by atoms with Gasteiger partial charge >= 0.3 is 0 Å². The van der Waals surface area contributed by atoms with E-state index in [1.54, 1.807) is 0 Å². The lowest BCUT2D eigenvalue weighted by atomic mass is 10.1. The Balaban J connectivity index is 2.40. The summed E-state index contributed by atoms with van der Waals surface area (Å²) in [4.78, 5) is 26.0. The van der Waals surface area contributed by atoms with Crippen LogP contribution in [0.3, 0.4) is 0 Å². The number of nitrogens with zero attached hydrogens (tertiary/aromatic N) is 2. The van der Waals surface area contributed by atoms with Gasteiger partial charge in [-0.2, -0.15) is 0 Å². The van der Waals surface area contributed by atoms with E-state index in [2.05, 4.69) is 10.3 Å². The first-order valence-electron chi connectivity index (χ1n) is 5.39. The van der Waals surface area contributed by atoms with Crippen molar-refractivity contribution in [1.82, 2.24) is 4.98 Å². The summed E-state index contributed by atoms with van der Waals surface area (Å²) in [7, 11) is 0. The second-order valence-electron chi connectivity index (χ2n) is 3.72. The first-order chi connectivity index (χ1) is 9.50. The fraction of sp³-hybridized carbons (Fsp3) is 0. The molecule has 0 atom stereocenters. The zero-order valence-corrected chi connectivity index (χ0v) is 10.7. The van der Waals surface area contributed by atoms with Crippen LogP contribution >= 0.6 is 11.6 Å². The van der Waals surface area contributed by atoms with Gasteiger partial charge in [0.2, 0.25) is 0 Å². The molecule has 8 heteroatoms. The highest BCUT2D eigenvalue weighted by Crippen LogP contribution is 2.28. The van der Waals surface area contributed by atoms with E-state index in [-0.39, 0.29) is 22.2 Å². The molecule has 2 N–H and O–H groups in total. The van der Waals surface area contributed by atoms with Crippen LogP contribution in [0, 0.1) is 10.1 Å². The molecule has 0 spiro atoms. The number of benzene rings is 1. The first kappa shape index (κ1) is 13.8. The van der Waals surface area contributed by atoms with Gasteiger partial charge in [0.05, 0.1) is 9.95 Å². The molecule has 0 aliphatic heterocycles. The third-order valence-corrected chi connectivity index (χ3v) is 2.75. The van der Waals surface area contributed by atoms with Crippen molar-refractivity contribution in [1.29, 1.82) is 0 Å². The molecule has 102 valence electrons. The Labute approximate surface area is 118 Å². The van der Waals surface area contributed by atoms with Crippen LogP contribution in [0.25, 0.3) is 0 Å². The zero-order chi connectivity index (χ0) is 14.7. The van der Waals surface area contributed by atoms with E-state index in [9.17, 15) is 20.0 Å². The minimum absolute atomic E-state index is 0.0629. The summed E-state index contributed by atoms with van der Waals surface area (Å²) in [6, 6.07) is 6.70. The Morgan fingerprint density at radius 1 is 1.35 bits per heavy atom. The lowest BCUT2D eigenvalue weighted by Gasteiger charge is -2.07. The monoisotopic (exact) mass is 293 g/mol. The second-order valence-corrected chi connectivity index (χ2v) is 4.12. The van der Waals surface area contributed by atoms with Gasteiger partial charge in [0.1, 0.15) is 5.56 Å². The van der Waals surface area contributed by atoms with Crippen molar-refractivity contribution in [2.75, 3.05) is 5.32 Å². The molecule has 1 heterocycles. The van der Waals surface area contributed by atoms with Crippen LogP contribution in [0.5, 0.6) is 5.75 Å². The van der Waals surface area contributed by atoms with E-state index in [4.69, 9.17) is 11.6 Å². The van der Waals surface area contributed by atoms with E-state index >= 15 is 0 Å². The van der Waals surface area contributed by atoms with Crippen molar-refractivity contribution < 1.29 is 14.8 Å². The Morgan fingerprint density at radius 2 is 2.10 bits per heavy atom. The van der Waals surface area contributed by atoms with Gasteiger partial charge in [0, 0.05) is 12.3 Å². The van der Waals surface area contributed by atoms with Gasteiger partial charge in [-0.15, -0.1) is 0 Å². The lowest BCUT2D eigenvalue weighted by Crippen LogP contribution is -2.15. The molecule has 0 saturated heterocycles. The minimum Gasteiger partial charge on any atom is -0.504 e. The number of nitro groups is 1. The number of rotatable bonds is 3. The molecule has 2 aromatic rings. The molecule has 0 fully saturated rings. The Morgan fingerprint density at radius 3 is 2.75 bits per heavy atom. The quantitative estimate of drug-likeness (QED) is 0.668. The predicted molar refractivity (Wildman–Crippen MR) is 72.0 cm³/mol. The number of nitrogens with one attached hydrogen (secondary N) is 1. The lowest BCUT2D eigenvalue weighted by molar-refractivity contribution is -0.385. The van der Waals surface area contributed by atoms with E-state index in [0.29, 0.717) is 0 Å². The SMILES string of the molecule is O=C(Nc1ncccc1O)c1c(Cl)cccc1[N+](=O)[O-]. The number of hydrogen-bond donors (Lipinski definition) is 2.